The van der Waals surface area contributed by atoms with Gasteiger partial charge in [-0.3, -0.25) is 0 Å². The van der Waals surface area contributed by atoms with E-state index >= 15 is 0 Å². The van der Waals surface area contributed by atoms with Crippen molar-refractivity contribution in [2.45, 2.75) is 57.6 Å². The Morgan fingerprint density at radius 1 is 0.923 bits per heavy atom. The molecule has 2 heteroatoms. The van der Waals surface area contributed by atoms with Crippen molar-refractivity contribution in [2.75, 3.05) is 12.5 Å². The van der Waals surface area contributed by atoms with Gasteiger partial charge in [0.2, 0.25) is 0 Å². The fourth-order valence-electron chi connectivity index (χ4n) is 1.48. The van der Waals surface area contributed by atoms with Crippen molar-refractivity contribution >= 4 is 10.9 Å². The van der Waals surface area contributed by atoms with E-state index in [1.54, 1.807) is 0 Å². The molecule has 0 N–H and O–H groups in total. The van der Waals surface area contributed by atoms with Crippen molar-refractivity contribution in [3.8, 4) is 0 Å². The first-order valence-corrected chi connectivity index (χ1v) is 7.39. The fourth-order valence-corrected chi connectivity index (χ4v) is 2.76. The molecule has 13 heavy (non-hydrogen) atoms. The third-order valence-electron chi connectivity index (χ3n) is 2.43. The molecule has 0 aromatic carbocycles. The fraction of sp³-hybridized carbons (Fsp3) is 1.00. The lowest BCUT2D eigenvalue weighted by molar-refractivity contribution is -0.00000286. The molecule has 0 spiro atoms. The highest BCUT2D eigenvalue weighted by atomic mass is 127. The average molecular weight is 316 g/mol. The second-order valence-corrected chi connectivity index (χ2v) is 6.21. The topological polar surface area (TPSA) is 0 Å². The Morgan fingerprint density at radius 2 is 1.31 bits per heavy atom. The van der Waals surface area contributed by atoms with Crippen LogP contribution in [-0.2, 0) is 10.9 Å². The minimum Gasteiger partial charge on any atom is -1.00 e. The van der Waals surface area contributed by atoms with Gasteiger partial charge in [0.15, 0.2) is 0 Å². The van der Waals surface area contributed by atoms with E-state index in [4.69, 9.17) is 0 Å². The lowest BCUT2D eigenvalue weighted by Gasteiger charge is -2.12. The monoisotopic (exact) mass is 316 g/mol. The molecule has 0 bridgehead atoms. The van der Waals surface area contributed by atoms with Crippen molar-refractivity contribution < 1.29 is 24.0 Å². The Morgan fingerprint density at radius 3 is 1.54 bits per heavy atom. The quantitative estimate of drug-likeness (QED) is 0.477. The minimum absolute atomic E-state index is 0. The SMILES string of the molecule is CCCCC(CCCC)[S+](C)C.[I-]. The third-order valence-corrected chi connectivity index (χ3v) is 4.23. The summed E-state index contributed by atoms with van der Waals surface area (Å²) in [5.41, 5.74) is 0. The molecule has 0 aromatic rings. The summed E-state index contributed by atoms with van der Waals surface area (Å²) in [6, 6.07) is 0. The molecule has 0 aromatic heterocycles. The average Bonchev–Trinajstić information content (AvgIpc) is 2.04. The van der Waals surface area contributed by atoms with Gasteiger partial charge in [0, 0.05) is 0 Å². The molecule has 0 aliphatic rings. The standard InChI is InChI=1S/C11H25S.HI/c1-5-7-9-11(12(3)4)10-8-6-2;/h11H,5-10H2,1-4H3;1H/q+1;/p-1. The zero-order valence-corrected chi connectivity index (χ0v) is 12.6. The second kappa shape index (κ2) is 11.2. The van der Waals surface area contributed by atoms with E-state index in [0.717, 1.165) is 5.25 Å². The van der Waals surface area contributed by atoms with Crippen LogP contribution in [0.2, 0.25) is 0 Å². The normalized spacial score (nSPS) is 10.6. The first-order chi connectivity index (χ1) is 5.72. The summed E-state index contributed by atoms with van der Waals surface area (Å²) >= 11 is 0. The summed E-state index contributed by atoms with van der Waals surface area (Å²) in [6.45, 7) is 4.58. The first kappa shape index (κ1) is 16.5. The summed E-state index contributed by atoms with van der Waals surface area (Å²) in [7, 11) is 0.644. The minimum atomic E-state index is 0. The Hall–Kier alpha value is 1.08. The van der Waals surface area contributed by atoms with Crippen LogP contribution in [0.25, 0.3) is 0 Å². The third kappa shape index (κ3) is 9.39. The van der Waals surface area contributed by atoms with Gasteiger partial charge in [-0.1, -0.05) is 26.7 Å². The van der Waals surface area contributed by atoms with Gasteiger partial charge in [-0.05, 0) is 36.6 Å². The van der Waals surface area contributed by atoms with Gasteiger partial charge < -0.3 is 24.0 Å². The molecule has 82 valence electrons. The number of rotatable bonds is 7. The molecule has 0 nitrogen and oxygen atoms in total. The molecular formula is C11H25IS. The van der Waals surface area contributed by atoms with E-state index < -0.39 is 0 Å². The lowest BCUT2D eigenvalue weighted by Crippen LogP contribution is -3.00. The maximum absolute atomic E-state index is 2.40. The summed E-state index contributed by atoms with van der Waals surface area (Å²) in [6.07, 6.45) is 13.3. The number of hydrogen-bond donors (Lipinski definition) is 0. The second-order valence-electron chi connectivity index (χ2n) is 3.79. The lowest BCUT2D eigenvalue weighted by atomic mass is 10.1. The Kier molecular flexibility index (Phi) is 14.2. The molecule has 0 atom stereocenters. The molecule has 0 aliphatic heterocycles. The molecule has 0 aliphatic carbocycles. The smallest absolute Gasteiger partial charge is 0.117 e. The van der Waals surface area contributed by atoms with Crippen molar-refractivity contribution in [3.05, 3.63) is 0 Å². The van der Waals surface area contributed by atoms with Gasteiger partial charge >= 0.3 is 0 Å². The van der Waals surface area contributed by atoms with Gasteiger partial charge in [0.1, 0.15) is 5.25 Å². The van der Waals surface area contributed by atoms with E-state index in [0.29, 0.717) is 10.9 Å². The molecule has 0 saturated carbocycles. The van der Waals surface area contributed by atoms with Crippen molar-refractivity contribution in [1.82, 2.24) is 0 Å². The summed E-state index contributed by atoms with van der Waals surface area (Å²) < 4.78 is 0. The number of unbranched alkanes of at least 4 members (excludes halogenated alkanes) is 2. The van der Waals surface area contributed by atoms with Gasteiger partial charge in [0.05, 0.1) is 12.5 Å². The molecule has 0 heterocycles. The van der Waals surface area contributed by atoms with Crippen molar-refractivity contribution in [3.63, 3.8) is 0 Å². The van der Waals surface area contributed by atoms with Gasteiger partial charge in [-0.15, -0.1) is 0 Å². The molecule has 0 saturated heterocycles. The summed E-state index contributed by atoms with van der Waals surface area (Å²) in [5.74, 6) is 0. The molecule has 0 unspecified atom stereocenters. The highest BCUT2D eigenvalue weighted by Gasteiger charge is 2.19. The molecular weight excluding hydrogens is 291 g/mol. The summed E-state index contributed by atoms with van der Waals surface area (Å²) in [4.78, 5) is 0. The van der Waals surface area contributed by atoms with Crippen LogP contribution in [-0.4, -0.2) is 17.8 Å². The Labute approximate surface area is 105 Å². The van der Waals surface area contributed by atoms with E-state index in [1.807, 2.05) is 0 Å². The van der Waals surface area contributed by atoms with Crippen LogP contribution in [0.1, 0.15) is 52.4 Å². The van der Waals surface area contributed by atoms with Gasteiger partial charge in [0.25, 0.3) is 0 Å². The largest absolute Gasteiger partial charge is 1.00 e. The first-order valence-electron chi connectivity index (χ1n) is 5.28. The van der Waals surface area contributed by atoms with E-state index in [2.05, 4.69) is 26.4 Å². The molecule has 0 amide bonds. The van der Waals surface area contributed by atoms with Crippen LogP contribution < -0.4 is 24.0 Å². The van der Waals surface area contributed by atoms with E-state index in [-0.39, 0.29) is 24.0 Å². The summed E-state index contributed by atoms with van der Waals surface area (Å²) in [5, 5.41) is 1.02. The molecule has 0 rings (SSSR count). The zero-order chi connectivity index (χ0) is 9.40. The highest BCUT2D eigenvalue weighted by Crippen LogP contribution is 2.16. The van der Waals surface area contributed by atoms with Crippen LogP contribution in [0.15, 0.2) is 0 Å². The van der Waals surface area contributed by atoms with Crippen LogP contribution in [0.4, 0.5) is 0 Å². The Bertz CT molecular complexity index is 86.1. The van der Waals surface area contributed by atoms with Crippen molar-refractivity contribution in [1.29, 1.82) is 0 Å². The van der Waals surface area contributed by atoms with Gasteiger partial charge in [-0.2, -0.15) is 0 Å². The van der Waals surface area contributed by atoms with Gasteiger partial charge in [-0.25, -0.2) is 0 Å². The van der Waals surface area contributed by atoms with E-state index in [1.165, 1.54) is 38.5 Å². The maximum atomic E-state index is 2.40. The van der Waals surface area contributed by atoms with Crippen LogP contribution in [0, 0.1) is 0 Å². The molecule has 0 radical (unpaired) electrons. The van der Waals surface area contributed by atoms with Crippen LogP contribution in [0.5, 0.6) is 0 Å². The van der Waals surface area contributed by atoms with E-state index in [9.17, 15) is 0 Å². The maximum Gasteiger partial charge on any atom is 0.117 e. The van der Waals surface area contributed by atoms with Crippen LogP contribution >= 0.6 is 0 Å². The van der Waals surface area contributed by atoms with Crippen molar-refractivity contribution in [2.24, 2.45) is 0 Å². The molecule has 0 fully saturated rings. The predicted molar refractivity (Wildman–Crippen MR) is 62.1 cm³/mol. The number of halogens is 1. The predicted octanol–water partition coefficient (Wildman–Crippen LogP) is 0.617. The number of hydrogen-bond acceptors (Lipinski definition) is 0. The zero-order valence-electron chi connectivity index (χ0n) is 9.61. The Balaban J connectivity index is 0. The van der Waals surface area contributed by atoms with Crippen LogP contribution in [0.3, 0.4) is 0 Å². The highest BCUT2D eigenvalue weighted by molar-refractivity contribution is 7.96.